The van der Waals surface area contributed by atoms with Gasteiger partial charge in [-0.2, -0.15) is 0 Å². The first kappa shape index (κ1) is 14.2. The van der Waals surface area contributed by atoms with Crippen LogP contribution < -0.4 is 0 Å². The molecule has 130 valence electrons. The van der Waals surface area contributed by atoms with Crippen molar-refractivity contribution in [3.05, 3.63) is 120 Å². The summed E-state index contributed by atoms with van der Waals surface area (Å²) in [5.74, 6) is -2.00. The highest BCUT2D eigenvalue weighted by molar-refractivity contribution is 5.33. The van der Waals surface area contributed by atoms with Crippen LogP contribution in [0.15, 0.2) is 107 Å². The van der Waals surface area contributed by atoms with Gasteiger partial charge in [-0.25, -0.2) is 0 Å². The summed E-state index contributed by atoms with van der Waals surface area (Å²) in [6, 6.07) is 23.2. The molecule has 0 fully saturated rings. The molecule has 0 radical (unpaired) electrons. The molecule has 2 aromatic carbocycles. The van der Waals surface area contributed by atoms with Gasteiger partial charge in [-0.1, -0.05) is 60.7 Å². The first-order chi connectivity index (χ1) is 13.6. The fraction of sp³-hybridized carbons (Fsp3) is 0.167. The molecule has 0 bridgehead atoms. The van der Waals surface area contributed by atoms with Crippen LogP contribution in [0.4, 0.5) is 0 Å². The second kappa shape index (κ2) is 7.92. The molecule has 2 aromatic heterocycles. The van der Waals surface area contributed by atoms with E-state index >= 15 is 0 Å². The molecule has 0 aliphatic heterocycles. The maximum atomic E-state index is 9.32. The van der Waals surface area contributed by atoms with Gasteiger partial charge in [-0.05, 0) is 47.2 Å². The van der Waals surface area contributed by atoms with E-state index in [1.807, 2.05) is 72.8 Å². The molecule has 2 unspecified atom stereocenters. The van der Waals surface area contributed by atoms with Gasteiger partial charge in [0.1, 0.15) is 0 Å². The lowest BCUT2D eigenvalue weighted by Crippen LogP contribution is -2.06. The molecule has 2 heterocycles. The van der Waals surface area contributed by atoms with E-state index < -0.39 is 11.8 Å². The second-order valence-corrected chi connectivity index (χ2v) is 6.21. The first-order valence-corrected chi connectivity index (χ1v) is 8.79. The quantitative estimate of drug-likeness (QED) is 0.377. The molecule has 4 aromatic rings. The number of hydrogen-bond acceptors (Lipinski definition) is 2. The van der Waals surface area contributed by atoms with Gasteiger partial charge in [-0.3, -0.25) is 0 Å². The van der Waals surface area contributed by atoms with Crippen molar-refractivity contribution >= 4 is 0 Å². The van der Waals surface area contributed by atoms with Crippen LogP contribution in [0.1, 0.15) is 49.6 Å². The highest BCUT2D eigenvalue weighted by Gasteiger charge is 2.21. The van der Waals surface area contributed by atoms with Crippen LogP contribution in [0.25, 0.3) is 0 Å². The van der Waals surface area contributed by atoms with Gasteiger partial charge in [0.25, 0.3) is 0 Å². The van der Waals surface area contributed by atoms with Gasteiger partial charge in [0, 0.05) is 14.5 Å². The van der Waals surface area contributed by atoms with Crippen LogP contribution in [-0.2, 0) is 0 Å². The van der Waals surface area contributed by atoms with Crippen LogP contribution in [0.2, 0.25) is 0 Å². The van der Waals surface area contributed by atoms with E-state index in [9.17, 15) is 2.74 Å². The topological polar surface area (TPSA) is 26.3 Å². The van der Waals surface area contributed by atoms with Crippen molar-refractivity contribution in [3.8, 4) is 0 Å². The minimum atomic E-state index is -1.00. The second-order valence-electron chi connectivity index (χ2n) is 6.21. The van der Waals surface area contributed by atoms with Crippen molar-refractivity contribution in [2.24, 2.45) is 0 Å². The van der Waals surface area contributed by atoms with Gasteiger partial charge in [0.05, 0.1) is 25.1 Å². The summed E-state index contributed by atoms with van der Waals surface area (Å²) in [5, 5.41) is 0. The third kappa shape index (κ3) is 3.65. The highest BCUT2D eigenvalue weighted by atomic mass is 16.3. The molecule has 0 saturated heterocycles. The molecule has 0 aliphatic rings. The Hall–Kier alpha value is -3.00. The van der Waals surface area contributed by atoms with Gasteiger partial charge in [-0.15, -0.1) is 0 Å². The zero-order valence-electron chi connectivity index (χ0n) is 16.5. The lowest BCUT2D eigenvalue weighted by atomic mass is 9.82. The lowest BCUT2D eigenvalue weighted by Gasteiger charge is -2.21. The van der Waals surface area contributed by atoms with E-state index in [0.717, 1.165) is 22.3 Å². The molecule has 26 heavy (non-hydrogen) atoms. The molecule has 0 N–H and O–H groups in total. The van der Waals surface area contributed by atoms with Crippen molar-refractivity contribution in [1.29, 1.82) is 0 Å². The van der Waals surface area contributed by atoms with E-state index in [4.69, 9.17) is 8.83 Å². The lowest BCUT2D eigenvalue weighted by molar-refractivity contribution is 0.547. The third-order valence-corrected chi connectivity index (χ3v) is 4.61. The highest BCUT2D eigenvalue weighted by Crippen LogP contribution is 2.36. The molecule has 2 heteroatoms. The Kier molecular flexibility index (Phi) is 4.33. The molecule has 2 atom stereocenters. The zero-order valence-corrected chi connectivity index (χ0v) is 14.5. The average molecular weight is 344 g/mol. The number of benzene rings is 2. The molecular weight excluding hydrogens is 320 g/mol. The third-order valence-electron chi connectivity index (χ3n) is 4.61. The van der Waals surface area contributed by atoms with Crippen LogP contribution in [-0.4, -0.2) is 0 Å². The summed E-state index contributed by atoms with van der Waals surface area (Å²) in [7, 11) is 0. The Bertz CT molecular complexity index is 898. The summed E-state index contributed by atoms with van der Waals surface area (Å²) in [6.45, 7) is 0. The van der Waals surface area contributed by atoms with Crippen molar-refractivity contribution < 1.29 is 11.6 Å². The molecule has 0 amide bonds. The van der Waals surface area contributed by atoms with Crippen molar-refractivity contribution in [2.45, 2.75) is 24.6 Å². The minimum absolute atomic E-state index is 0.458. The first-order valence-electron chi connectivity index (χ1n) is 9.79. The monoisotopic (exact) mass is 344 g/mol. The summed E-state index contributed by atoms with van der Waals surface area (Å²) in [6.07, 6.45) is 7.38. The summed E-state index contributed by atoms with van der Waals surface area (Å²) in [4.78, 5) is 0. The standard InChI is InChI=1S/C24H22O2/c1-3-7-19(8-4-1)23(21-13-15-25-17-21)11-12-24(22-14-16-26-18-22)20-9-5-2-6-10-20/h1-10,13-18,23-24H,11-12H2/i23D,24D. The van der Waals surface area contributed by atoms with Gasteiger partial charge in [0.15, 0.2) is 0 Å². The fourth-order valence-electron chi connectivity index (χ4n) is 3.31. The van der Waals surface area contributed by atoms with E-state index in [1.165, 1.54) is 0 Å². The van der Waals surface area contributed by atoms with E-state index in [1.54, 1.807) is 25.1 Å². The van der Waals surface area contributed by atoms with Crippen molar-refractivity contribution in [1.82, 2.24) is 0 Å². The summed E-state index contributed by atoms with van der Waals surface area (Å²) < 4.78 is 29.2. The van der Waals surface area contributed by atoms with Crippen LogP contribution in [0, 0.1) is 0 Å². The van der Waals surface area contributed by atoms with E-state index in [2.05, 4.69) is 0 Å². The van der Waals surface area contributed by atoms with Gasteiger partial charge in [0.2, 0.25) is 0 Å². The maximum Gasteiger partial charge on any atom is 0.0940 e. The summed E-state index contributed by atoms with van der Waals surface area (Å²) in [5.41, 5.74) is 3.36. The molecule has 2 nitrogen and oxygen atoms in total. The number of rotatable bonds is 7. The van der Waals surface area contributed by atoms with Crippen LogP contribution in [0.3, 0.4) is 0 Å². The van der Waals surface area contributed by atoms with Gasteiger partial charge >= 0.3 is 0 Å². The molecular formula is C24H22O2. The molecule has 0 saturated carbocycles. The predicted octanol–water partition coefficient (Wildman–Crippen LogP) is 6.62. The van der Waals surface area contributed by atoms with E-state index in [0.29, 0.717) is 12.8 Å². The fourth-order valence-corrected chi connectivity index (χ4v) is 3.31. The predicted molar refractivity (Wildman–Crippen MR) is 103 cm³/mol. The number of hydrogen-bond donors (Lipinski definition) is 0. The summed E-state index contributed by atoms with van der Waals surface area (Å²) >= 11 is 0. The Morgan fingerprint density at radius 2 is 1.00 bits per heavy atom. The molecule has 0 aliphatic carbocycles. The van der Waals surface area contributed by atoms with Crippen LogP contribution >= 0.6 is 0 Å². The Morgan fingerprint density at radius 3 is 1.35 bits per heavy atom. The maximum absolute atomic E-state index is 9.32. The van der Waals surface area contributed by atoms with E-state index in [-0.39, 0.29) is 0 Å². The normalized spacial score (nSPS) is 16.9. The van der Waals surface area contributed by atoms with Crippen LogP contribution in [0.5, 0.6) is 0 Å². The van der Waals surface area contributed by atoms with Gasteiger partial charge < -0.3 is 8.83 Å². The SMILES string of the molecule is [2H]C(CCC([2H])(c1ccccc1)c1ccoc1)(c1ccccc1)c1ccoc1. The Labute approximate surface area is 156 Å². The molecule has 4 rings (SSSR count). The minimum Gasteiger partial charge on any atom is -0.472 e. The molecule has 0 spiro atoms. The Morgan fingerprint density at radius 1 is 0.577 bits per heavy atom. The average Bonchev–Trinajstić information content (AvgIpc) is 3.48. The largest absolute Gasteiger partial charge is 0.472 e. The smallest absolute Gasteiger partial charge is 0.0940 e. The number of furan rings is 2. The van der Waals surface area contributed by atoms with Crippen molar-refractivity contribution in [3.63, 3.8) is 0 Å². The van der Waals surface area contributed by atoms with Crippen molar-refractivity contribution in [2.75, 3.05) is 0 Å². The zero-order chi connectivity index (χ0) is 19.5. The Balaban J connectivity index is 1.73.